The predicted molar refractivity (Wildman–Crippen MR) is 68.0 cm³/mol. The van der Waals surface area contributed by atoms with E-state index in [1.165, 1.54) is 7.11 Å². The third-order valence-corrected chi connectivity index (χ3v) is 2.01. The normalized spacial score (nSPS) is 13.1. The molecule has 0 aromatic heterocycles. The van der Waals surface area contributed by atoms with Crippen molar-refractivity contribution in [3.63, 3.8) is 0 Å². The monoisotopic (exact) mass is 260 g/mol. The Balaban J connectivity index is 4.45. The average molecular weight is 260 g/mol. The van der Waals surface area contributed by atoms with Crippen LogP contribution < -0.4 is 10.6 Å². The molecule has 0 aliphatic carbocycles. The van der Waals surface area contributed by atoms with Gasteiger partial charge in [0.05, 0.1) is 0 Å². The summed E-state index contributed by atoms with van der Waals surface area (Å²) in [4.78, 5) is 23.4. The van der Waals surface area contributed by atoms with Gasteiger partial charge in [0.2, 0.25) is 5.91 Å². The molecular formula is C12H24N2O4. The summed E-state index contributed by atoms with van der Waals surface area (Å²) in [5.41, 5.74) is -0.589. The molecule has 0 aromatic carbocycles. The maximum absolute atomic E-state index is 11.8. The minimum atomic E-state index is -0.644. The largest absolute Gasteiger partial charge is 0.444 e. The number of ether oxygens (including phenoxy) is 2. The van der Waals surface area contributed by atoms with E-state index in [0.717, 1.165) is 0 Å². The summed E-state index contributed by atoms with van der Waals surface area (Å²) in [5.74, 6) is -0.341. The molecule has 6 nitrogen and oxygen atoms in total. The molecule has 0 rings (SSSR count). The van der Waals surface area contributed by atoms with E-state index >= 15 is 0 Å². The van der Waals surface area contributed by atoms with Gasteiger partial charge in [-0.25, -0.2) is 4.79 Å². The summed E-state index contributed by atoms with van der Waals surface area (Å²) >= 11 is 0. The summed E-state index contributed by atoms with van der Waals surface area (Å²) in [6.07, 6.45) is -0.603. The lowest BCUT2D eigenvalue weighted by molar-refractivity contribution is -0.125. The van der Waals surface area contributed by atoms with E-state index in [-0.39, 0.29) is 18.6 Å². The fourth-order valence-corrected chi connectivity index (χ4v) is 1.22. The highest BCUT2D eigenvalue weighted by atomic mass is 16.6. The molecule has 0 fully saturated rings. The van der Waals surface area contributed by atoms with E-state index in [4.69, 9.17) is 9.47 Å². The van der Waals surface area contributed by atoms with Gasteiger partial charge in [-0.2, -0.15) is 0 Å². The average Bonchev–Trinajstić information content (AvgIpc) is 2.19. The SMILES string of the molecule is COCNC(=O)[C@H](NC(=O)OC(C)(C)C)C(C)C. The molecule has 106 valence electrons. The standard InChI is InChI=1S/C12H24N2O4/c1-8(2)9(10(15)13-7-17-6)14-11(16)18-12(3,4)5/h8-9H,7H2,1-6H3,(H,13,15)(H,14,16)/t9-/m1/s1. The Bertz CT molecular complexity index is 284. The Hall–Kier alpha value is -1.30. The lowest BCUT2D eigenvalue weighted by Gasteiger charge is -2.25. The second-order valence-electron chi connectivity index (χ2n) is 5.34. The van der Waals surface area contributed by atoms with Gasteiger partial charge < -0.3 is 20.1 Å². The minimum absolute atomic E-state index is 0.0469. The molecule has 2 amide bonds. The number of methoxy groups -OCH3 is 1. The van der Waals surface area contributed by atoms with Crippen molar-refractivity contribution in [2.75, 3.05) is 13.8 Å². The molecule has 0 aliphatic rings. The number of hydrogen-bond donors (Lipinski definition) is 2. The predicted octanol–water partition coefficient (Wildman–Crippen LogP) is 1.26. The van der Waals surface area contributed by atoms with Crippen LogP contribution in [0, 0.1) is 5.92 Å². The van der Waals surface area contributed by atoms with Crippen molar-refractivity contribution in [3.8, 4) is 0 Å². The summed E-state index contributed by atoms with van der Waals surface area (Å²) in [6, 6.07) is -0.644. The number of carbonyl (C=O) groups is 2. The molecule has 2 N–H and O–H groups in total. The zero-order chi connectivity index (χ0) is 14.3. The van der Waals surface area contributed by atoms with Crippen molar-refractivity contribution in [1.82, 2.24) is 10.6 Å². The number of carbonyl (C=O) groups excluding carboxylic acids is 2. The second kappa shape index (κ2) is 7.20. The van der Waals surface area contributed by atoms with E-state index < -0.39 is 17.7 Å². The van der Waals surface area contributed by atoms with E-state index in [1.807, 2.05) is 13.8 Å². The molecule has 0 unspecified atom stereocenters. The van der Waals surface area contributed by atoms with Crippen LogP contribution in [0.25, 0.3) is 0 Å². The summed E-state index contributed by atoms with van der Waals surface area (Å²) in [5, 5.41) is 5.10. The zero-order valence-corrected chi connectivity index (χ0v) is 12.0. The Morgan fingerprint density at radius 3 is 2.17 bits per heavy atom. The number of nitrogens with one attached hydrogen (secondary N) is 2. The molecule has 18 heavy (non-hydrogen) atoms. The van der Waals surface area contributed by atoms with Gasteiger partial charge in [0, 0.05) is 7.11 Å². The third kappa shape index (κ3) is 7.11. The van der Waals surface area contributed by atoms with Gasteiger partial charge >= 0.3 is 6.09 Å². The molecule has 0 aliphatic heterocycles. The van der Waals surface area contributed by atoms with Gasteiger partial charge in [0.25, 0.3) is 0 Å². The lowest BCUT2D eigenvalue weighted by Crippen LogP contribution is -2.51. The number of alkyl carbamates (subject to hydrolysis) is 1. The van der Waals surface area contributed by atoms with Gasteiger partial charge in [-0.1, -0.05) is 13.8 Å². The summed E-state index contributed by atoms with van der Waals surface area (Å²) in [7, 11) is 1.48. The molecule has 0 aromatic rings. The first-order chi connectivity index (χ1) is 8.17. The van der Waals surface area contributed by atoms with Crippen LogP contribution in [0.3, 0.4) is 0 Å². The van der Waals surface area contributed by atoms with Gasteiger partial charge in [-0.15, -0.1) is 0 Å². The fourth-order valence-electron chi connectivity index (χ4n) is 1.22. The zero-order valence-electron chi connectivity index (χ0n) is 12.0. The van der Waals surface area contributed by atoms with Crippen LogP contribution in [-0.2, 0) is 14.3 Å². The van der Waals surface area contributed by atoms with Gasteiger partial charge in [0.15, 0.2) is 0 Å². The van der Waals surface area contributed by atoms with Crippen LogP contribution in [0.5, 0.6) is 0 Å². The number of hydrogen-bond acceptors (Lipinski definition) is 4. The van der Waals surface area contributed by atoms with Crippen molar-refractivity contribution in [3.05, 3.63) is 0 Å². The van der Waals surface area contributed by atoms with Crippen LogP contribution in [-0.4, -0.2) is 37.5 Å². The highest BCUT2D eigenvalue weighted by Gasteiger charge is 2.26. The van der Waals surface area contributed by atoms with E-state index in [2.05, 4.69) is 10.6 Å². The molecule has 0 spiro atoms. The Morgan fingerprint density at radius 2 is 1.78 bits per heavy atom. The fraction of sp³-hybridized carbons (Fsp3) is 0.833. The molecule has 1 atom stereocenters. The van der Waals surface area contributed by atoms with Crippen molar-refractivity contribution in [2.24, 2.45) is 5.92 Å². The smallest absolute Gasteiger partial charge is 0.408 e. The minimum Gasteiger partial charge on any atom is -0.444 e. The number of amides is 2. The van der Waals surface area contributed by atoms with Crippen molar-refractivity contribution < 1.29 is 19.1 Å². The first-order valence-corrected chi connectivity index (χ1v) is 5.93. The Kier molecular flexibility index (Phi) is 6.68. The van der Waals surface area contributed by atoms with Crippen LogP contribution in [0.4, 0.5) is 4.79 Å². The third-order valence-electron chi connectivity index (χ3n) is 2.01. The van der Waals surface area contributed by atoms with Crippen molar-refractivity contribution in [2.45, 2.75) is 46.3 Å². The molecule has 6 heteroatoms. The van der Waals surface area contributed by atoms with E-state index in [9.17, 15) is 9.59 Å². The van der Waals surface area contributed by atoms with Gasteiger partial charge in [-0.05, 0) is 26.7 Å². The van der Waals surface area contributed by atoms with Gasteiger partial charge in [-0.3, -0.25) is 4.79 Å². The van der Waals surface area contributed by atoms with Crippen LogP contribution in [0.2, 0.25) is 0 Å². The van der Waals surface area contributed by atoms with Gasteiger partial charge in [0.1, 0.15) is 18.4 Å². The van der Waals surface area contributed by atoms with Crippen LogP contribution >= 0.6 is 0 Å². The van der Waals surface area contributed by atoms with Crippen molar-refractivity contribution >= 4 is 12.0 Å². The lowest BCUT2D eigenvalue weighted by atomic mass is 10.0. The highest BCUT2D eigenvalue weighted by Crippen LogP contribution is 2.08. The van der Waals surface area contributed by atoms with E-state index in [0.29, 0.717) is 0 Å². The molecule has 0 saturated heterocycles. The quantitative estimate of drug-likeness (QED) is 0.729. The summed E-state index contributed by atoms with van der Waals surface area (Å²) in [6.45, 7) is 9.09. The molecule has 0 heterocycles. The molecule has 0 bridgehead atoms. The first-order valence-electron chi connectivity index (χ1n) is 5.93. The second-order valence-corrected chi connectivity index (χ2v) is 5.34. The molecule has 0 saturated carbocycles. The molecular weight excluding hydrogens is 236 g/mol. The maximum atomic E-state index is 11.8. The Morgan fingerprint density at radius 1 is 1.22 bits per heavy atom. The van der Waals surface area contributed by atoms with Crippen molar-refractivity contribution in [1.29, 1.82) is 0 Å². The highest BCUT2D eigenvalue weighted by molar-refractivity contribution is 5.85. The Labute approximate surface area is 108 Å². The topological polar surface area (TPSA) is 76.7 Å². The van der Waals surface area contributed by atoms with Crippen LogP contribution in [0.1, 0.15) is 34.6 Å². The maximum Gasteiger partial charge on any atom is 0.408 e. The molecule has 0 radical (unpaired) electrons. The number of rotatable bonds is 5. The first kappa shape index (κ1) is 16.7. The van der Waals surface area contributed by atoms with Crippen LogP contribution in [0.15, 0.2) is 0 Å². The van der Waals surface area contributed by atoms with E-state index in [1.54, 1.807) is 20.8 Å². The summed E-state index contributed by atoms with van der Waals surface area (Å²) < 4.78 is 9.86.